The molecule has 3 rings (SSSR count). The van der Waals surface area contributed by atoms with Gasteiger partial charge in [-0.1, -0.05) is 18.2 Å². The number of aliphatic hydroxyl groups excluding tert-OH is 1. The van der Waals surface area contributed by atoms with E-state index < -0.39 is 6.10 Å². The Morgan fingerprint density at radius 2 is 2.04 bits per heavy atom. The van der Waals surface area contributed by atoms with Gasteiger partial charge in [-0.05, 0) is 42.8 Å². The van der Waals surface area contributed by atoms with Gasteiger partial charge in [-0.2, -0.15) is 0 Å². The molecule has 1 aliphatic heterocycles. The van der Waals surface area contributed by atoms with Crippen molar-refractivity contribution in [3.8, 4) is 11.5 Å². The van der Waals surface area contributed by atoms with Gasteiger partial charge in [0.1, 0.15) is 36.1 Å². The van der Waals surface area contributed by atoms with Crippen LogP contribution in [0.15, 0.2) is 53.5 Å². The zero-order valence-corrected chi connectivity index (χ0v) is 15.9. The van der Waals surface area contributed by atoms with E-state index in [-0.39, 0.29) is 25.1 Å². The molecule has 28 heavy (non-hydrogen) atoms. The molecule has 0 radical (unpaired) electrons. The monoisotopic (exact) mass is 387 g/mol. The molecular formula is C21H26FN3O3. The van der Waals surface area contributed by atoms with Crippen LogP contribution < -0.4 is 20.1 Å². The first-order valence-corrected chi connectivity index (χ1v) is 9.47. The summed E-state index contributed by atoms with van der Waals surface area (Å²) in [6.07, 6.45) is 0.136. The second-order valence-corrected chi connectivity index (χ2v) is 6.57. The van der Waals surface area contributed by atoms with Crippen LogP contribution in [0, 0.1) is 5.82 Å². The van der Waals surface area contributed by atoms with Crippen molar-refractivity contribution in [1.82, 2.24) is 10.6 Å². The third kappa shape index (κ3) is 5.85. The molecular weight excluding hydrogens is 361 g/mol. The van der Waals surface area contributed by atoms with Gasteiger partial charge in [0.2, 0.25) is 0 Å². The second kappa shape index (κ2) is 9.94. The van der Waals surface area contributed by atoms with Gasteiger partial charge >= 0.3 is 0 Å². The van der Waals surface area contributed by atoms with E-state index in [0.717, 1.165) is 12.2 Å². The standard InChI is InChI=1S/C21H26FN3O3/c1-2-23-21(25-13-19-11-15-5-3-4-6-20(15)28-19)24-12-17(26)14-27-18-9-7-16(22)8-10-18/h3-10,17,19,26H,2,11-14H2,1H3,(H2,23,24,25). The fourth-order valence-electron chi connectivity index (χ4n) is 2.89. The SMILES string of the molecule is CCNC(=NCC(O)COc1ccc(F)cc1)NCC1Cc2ccccc2O1. The molecule has 150 valence electrons. The van der Waals surface area contributed by atoms with Crippen LogP contribution in [0.25, 0.3) is 0 Å². The second-order valence-electron chi connectivity index (χ2n) is 6.57. The zero-order chi connectivity index (χ0) is 19.8. The van der Waals surface area contributed by atoms with Gasteiger partial charge in [0.25, 0.3) is 0 Å². The highest BCUT2D eigenvalue weighted by molar-refractivity contribution is 5.79. The maximum atomic E-state index is 12.9. The normalized spacial score (nSPS) is 16.8. The van der Waals surface area contributed by atoms with E-state index >= 15 is 0 Å². The van der Waals surface area contributed by atoms with Gasteiger partial charge in [-0.3, -0.25) is 4.99 Å². The Morgan fingerprint density at radius 1 is 1.25 bits per heavy atom. The number of aliphatic hydroxyl groups is 1. The van der Waals surface area contributed by atoms with E-state index in [1.165, 1.54) is 29.8 Å². The number of hydrogen-bond acceptors (Lipinski definition) is 4. The minimum absolute atomic E-state index is 0.0491. The third-order valence-corrected chi connectivity index (χ3v) is 4.27. The molecule has 0 aliphatic carbocycles. The summed E-state index contributed by atoms with van der Waals surface area (Å²) in [5, 5.41) is 16.5. The summed E-state index contributed by atoms with van der Waals surface area (Å²) in [5.41, 5.74) is 1.21. The summed E-state index contributed by atoms with van der Waals surface area (Å²) in [7, 11) is 0. The summed E-state index contributed by atoms with van der Waals surface area (Å²) in [6.45, 7) is 3.56. The molecule has 2 aromatic rings. The first-order valence-electron chi connectivity index (χ1n) is 9.47. The van der Waals surface area contributed by atoms with E-state index in [4.69, 9.17) is 9.47 Å². The molecule has 2 aromatic carbocycles. The molecule has 0 saturated heterocycles. The predicted molar refractivity (Wildman–Crippen MR) is 106 cm³/mol. The Hall–Kier alpha value is -2.80. The number of fused-ring (bicyclic) bond motifs is 1. The number of hydrogen-bond donors (Lipinski definition) is 3. The van der Waals surface area contributed by atoms with Crippen molar-refractivity contribution in [2.24, 2.45) is 4.99 Å². The van der Waals surface area contributed by atoms with Crippen LogP contribution in [0.1, 0.15) is 12.5 Å². The van der Waals surface area contributed by atoms with Gasteiger partial charge < -0.3 is 25.2 Å². The van der Waals surface area contributed by atoms with E-state index in [1.54, 1.807) is 0 Å². The molecule has 0 amide bonds. The molecule has 0 aromatic heterocycles. The van der Waals surface area contributed by atoms with Crippen molar-refractivity contribution in [3.05, 3.63) is 59.9 Å². The fourth-order valence-corrected chi connectivity index (χ4v) is 2.89. The Balaban J connectivity index is 1.43. The lowest BCUT2D eigenvalue weighted by atomic mass is 10.1. The summed E-state index contributed by atoms with van der Waals surface area (Å²) >= 11 is 0. The minimum atomic E-state index is -0.771. The summed E-state index contributed by atoms with van der Waals surface area (Å²) in [5.74, 6) is 1.73. The highest BCUT2D eigenvalue weighted by atomic mass is 19.1. The first kappa shape index (κ1) is 19.9. The van der Waals surface area contributed by atoms with Crippen LogP contribution in [0.5, 0.6) is 11.5 Å². The quantitative estimate of drug-likeness (QED) is 0.478. The van der Waals surface area contributed by atoms with Gasteiger partial charge in [0, 0.05) is 13.0 Å². The van der Waals surface area contributed by atoms with Crippen LogP contribution in [0.4, 0.5) is 4.39 Å². The number of para-hydroxylation sites is 1. The van der Waals surface area contributed by atoms with Crippen molar-refractivity contribution in [1.29, 1.82) is 0 Å². The van der Waals surface area contributed by atoms with Crippen LogP contribution in [0.2, 0.25) is 0 Å². The highest BCUT2D eigenvalue weighted by Gasteiger charge is 2.22. The van der Waals surface area contributed by atoms with Gasteiger partial charge in [0.15, 0.2) is 5.96 Å². The lowest BCUT2D eigenvalue weighted by molar-refractivity contribution is 0.114. The molecule has 2 atom stereocenters. The Labute approximate surface area is 164 Å². The average molecular weight is 387 g/mol. The average Bonchev–Trinajstić information content (AvgIpc) is 3.12. The van der Waals surface area contributed by atoms with Crippen molar-refractivity contribution < 1.29 is 19.0 Å². The van der Waals surface area contributed by atoms with Crippen molar-refractivity contribution in [3.63, 3.8) is 0 Å². The number of guanidine groups is 1. The van der Waals surface area contributed by atoms with E-state index in [9.17, 15) is 9.50 Å². The lowest BCUT2D eigenvalue weighted by Gasteiger charge is -2.16. The van der Waals surface area contributed by atoms with Gasteiger partial charge in [-0.15, -0.1) is 0 Å². The molecule has 0 saturated carbocycles. The summed E-state index contributed by atoms with van der Waals surface area (Å²) in [4.78, 5) is 4.40. The Morgan fingerprint density at radius 3 is 2.79 bits per heavy atom. The maximum absolute atomic E-state index is 12.9. The molecule has 1 heterocycles. The van der Waals surface area contributed by atoms with Gasteiger partial charge in [-0.25, -0.2) is 4.39 Å². The van der Waals surface area contributed by atoms with Crippen LogP contribution in [0.3, 0.4) is 0 Å². The number of benzene rings is 2. The maximum Gasteiger partial charge on any atom is 0.191 e. The number of rotatable bonds is 8. The number of ether oxygens (including phenoxy) is 2. The van der Waals surface area contributed by atoms with Crippen LogP contribution in [-0.2, 0) is 6.42 Å². The zero-order valence-electron chi connectivity index (χ0n) is 15.9. The topological polar surface area (TPSA) is 75.1 Å². The molecule has 6 nitrogen and oxygen atoms in total. The summed E-state index contributed by atoms with van der Waals surface area (Å²) < 4.78 is 24.2. The predicted octanol–water partition coefficient (Wildman–Crippen LogP) is 2.12. The first-order chi connectivity index (χ1) is 13.6. The van der Waals surface area contributed by atoms with Crippen molar-refractivity contribution >= 4 is 5.96 Å². The third-order valence-electron chi connectivity index (χ3n) is 4.27. The van der Waals surface area contributed by atoms with E-state index in [1.807, 2.05) is 25.1 Å². The fraction of sp³-hybridized carbons (Fsp3) is 0.381. The molecule has 1 aliphatic rings. The largest absolute Gasteiger partial charge is 0.491 e. The number of aliphatic imine (C=N–C) groups is 1. The van der Waals surface area contributed by atoms with Gasteiger partial charge in [0.05, 0.1) is 13.1 Å². The summed E-state index contributed by atoms with van der Waals surface area (Å²) in [6, 6.07) is 13.7. The van der Waals surface area contributed by atoms with Crippen LogP contribution in [-0.4, -0.2) is 49.5 Å². The molecule has 7 heteroatoms. The molecule has 3 N–H and O–H groups in total. The Kier molecular flexibility index (Phi) is 7.08. The van der Waals surface area contributed by atoms with E-state index in [0.29, 0.717) is 24.8 Å². The van der Waals surface area contributed by atoms with Crippen LogP contribution >= 0.6 is 0 Å². The molecule has 0 spiro atoms. The van der Waals surface area contributed by atoms with Crippen molar-refractivity contribution in [2.45, 2.75) is 25.6 Å². The Bertz CT molecular complexity index is 758. The molecule has 0 bridgehead atoms. The highest BCUT2D eigenvalue weighted by Crippen LogP contribution is 2.27. The molecule has 2 unspecified atom stereocenters. The van der Waals surface area contributed by atoms with E-state index in [2.05, 4.69) is 21.7 Å². The molecule has 0 fully saturated rings. The number of nitrogens with zero attached hydrogens (tertiary/aromatic N) is 1. The number of nitrogens with one attached hydrogen (secondary N) is 2. The number of halogens is 1. The van der Waals surface area contributed by atoms with Crippen molar-refractivity contribution in [2.75, 3.05) is 26.2 Å². The smallest absolute Gasteiger partial charge is 0.191 e. The lowest BCUT2D eigenvalue weighted by Crippen LogP contribution is -2.42. The minimum Gasteiger partial charge on any atom is -0.491 e.